The Bertz CT molecular complexity index is 308. The van der Waals surface area contributed by atoms with Crippen molar-refractivity contribution in [1.82, 2.24) is 19.9 Å². The van der Waals surface area contributed by atoms with Crippen LogP contribution in [0.2, 0.25) is 0 Å². The number of thiocarbonyl (C=S) groups is 1. The van der Waals surface area contributed by atoms with Crippen LogP contribution in [0.15, 0.2) is 6.20 Å². The van der Waals surface area contributed by atoms with E-state index in [1.165, 1.54) is 0 Å². The summed E-state index contributed by atoms with van der Waals surface area (Å²) in [5, 5.41) is 7.84. The minimum Gasteiger partial charge on any atom is -0.393 e. The molecular weight excluding hydrogens is 198 g/mol. The second-order valence-corrected chi connectivity index (χ2v) is 3.86. The molecule has 0 saturated carbocycles. The van der Waals surface area contributed by atoms with Crippen molar-refractivity contribution in [1.29, 1.82) is 0 Å². The first-order valence-electron chi connectivity index (χ1n) is 4.40. The van der Waals surface area contributed by atoms with E-state index in [4.69, 9.17) is 18.0 Å². The first-order chi connectivity index (χ1) is 6.58. The molecule has 0 radical (unpaired) electrons. The fourth-order valence-electron chi connectivity index (χ4n) is 1.12. The van der Waals surface area contributed by atoms with Crippen molar-refractivity contribution < 1.29 is 0 Å². The van der Waals surface area contributed by atoms with E-state index in [1.54, 1.807) is 4.68 Å². The zero-order chi connectivity index (χ0) is 10.6. The Morgan fingerprint density at radius 3 is 2.93 bits per heavy atom. The van der Waals surface area contributed by atoms with Crippen molar-refractivity contribution in [2.45, 2.75) is 13.0 Å². The molecule has 1 heterocycles. The van der Waals surface area contributed by atoms with Gasteiger partial charge in [0.1, 0.15) is 0 Å². The summed E-state index contributed by atoms with van der Waals surface area (Å²) in [6.45, 7) is 1.63. The Hall–Kier alpha value is -1.01. The molecule has 0 aliphatic carbocycles. The molecule has 0 unspecified atom stereocenters. The van der Waals surface area contributed by atoms with Crippen LogP contribution in [-0.2, 0) is 13.6 Å². The van der Waals surface area contributed by atoms with Crippen LogP contribution in [0.1, 0.15) is 12.1 Å². The normalized spacial score (nSPS) is 10.8. The van der Waals surface area contributed by atoms with Crippen LogP contribution in [0.5, 0.6) is 0 Å². The van der Waals surface area contributed by atoms with Crippen molar-refractivity contribution >= 4 is 17.2 Å². The molecule has 0 fully saturated rings. The van der Waals surface area contributed by atoms with Gasteiger partial charge in [0.2, 0.25) is 0 Å². The third kappa shape index (κ3) is 3.80. The highest BCUT2D eigenvalue weighted by Gasteiger charge is 2.03. The van der Waals surface area contributed by atoms with E-state index in [-0.39, 0.29) is 0 Å². The van der Waals surface area contributed by atoms with E-state index in [2.05, 4.69) is 15.2 Å². The number of rotatable bonds is 5. The highest BCUT2D eigenvalue weighted by molar-refractivity contribution is 7.80. The van der Waals surface area contributed by atoms with Gasteiger partial charge in [-0.05, 0) is 7.05 Å². The zero-order valence-electron chi connectivity index (χ0n) is 8.47. The molecule has 1 aromatic heterocycles. The first kappa shape index (κ1) is 11.1. The fraction of sp³-hybridized carbons (Fsp3) is 0.625. The summed E-state index contributed by atoms with van der Waals surface area (Å²) >= 11 is 4.80. The second kappa shape index (κ2) is 5.02. The lowest BCUT2D eigenvalue weighted by molar-refractivity contribution is 0.333. The summed E-state index contributed by atoms with van der Waals surface area (Å²) in [4.78, 5) is 2.67. The molecule has 0 aromatic carbocycles. The van der Waals surface area contributed by atoms with E-state index in [0.29, 0.717) is 4.99 Å². The maximum atomic E-state index is 5.41. The minimum absolute atomic E-state index is 0.552. The molecule has 2 N–H and O–H groups in total. The second-order valence-electron chi connectivity index (χ2n) is 3.34. The molecule has 0 saturated heterocycles. The molecule has 78 valence electrons. The standard InChI is InChI=1S/C8H15N5S/c1-12(4-3-8(9)14)5-7-6-13(2)11-10-7/h6H,3-5H2,1-2H3,(H2,9,14). The van der Waals surface area contributed by atoms with Crippen molar-refractivity contribution in [2.75, 3.05) is 13.6 Å². The lowest BCUT2D eigenvalue weighted by Gasteiger charge is -2.13. The summed E-state index contributed by atoms with van der Waals surface area (Å²) in [7, 11) is 3.86. The summed E-state index contributed by atoms with van der Waals surface area (Å²) in [5.41, 5.74) is 6.37. The van der Waals surface area contributed by atoms with Crippen molar-refractivity contribution in [2.24, 2.45) is 12.8 Å². The van der Waals surface area contributed by atoms with Crippen LogP contribution in [0.25, 0.3) is 0 Å². The summed E-state index contributed by atoms with van der Waals surface area (Å²) in [5.74, 6) is 0. The number of hydrogen-bond donors (Lipinski definition) is 1. The Kier molecular flexibility index (Phi) is 3.97. The van der Waals surface area contributed by atoms with Gasteiger partial charge in [-0.25, -0.2) is 0 Å². The van der Waals surface area contributed by atoms with E-state index in [9.17, 15) is 0 Å². The number of aryl methyl sites for hydroxylation is 1. The smallest absolute Gasteiger partial charge is 0.0966 e. The molecule has 1 aromatic rings. The average Bonchev–Trinajstić information content (AvgIpc) is 2.48. The summed E-state index contributed by atoms with van der Waals surface area (Å²) < 4.78 is 1.69. The molecule has 0 spiro atoms. The van der Waals surface area contributed by atoms with Gasteiger partial charge in [-0.15, -0.1) is 5.10 Å². The lowest BCUT2D eigenvalue weighted by Crippen LogP contribution is -2.23. The Labute approximate surface area is 88.9 Å². The molecule has 6 heteroatoms. The van der Waals surface area contributed by atoms with Crippen LogP contribution >= 0.6 is 12.2 Å². The Morgan fingerprint density at radius 1 is 1.71 bits per heavy atom. The van der Waals surface area contributed by atoms with Crippen LogP contribution < -0.4 is 5.73 Å². The van der Waals surface area contributed by atoms with E-state index >= 15 is 0 Å². The van der Waals surface area contributed by atoms with Crippen molar-refractivity contribution in [3.63, 3.8) is 0 Å². The number of nitrogens with two attached hydrogens (primary N) is 1. The third-order valence-electron chi connectivity index (χ3n) is 1.82. The SMILES string of the molecule is CN(CCC(N)=S)Cc1cn(C)nn1. The van der Waals surface area contributed by atoms with Gasteiger partial charge in [-0.1, -0.05) is 17.4 Å². The Balaban J connectivity index is 2.33. The molecule has 14 heavy (non-hydrogen) atoms. The monoisotopic (exact) mass is 213 g/mol. The van der Waals surface area contributed by atoms with E-state index in [1.807, 2.05) is 20.3 Å². The van der Waals surface area contributed by atoms with Crippen molar-refractivity contribution in [3.05, 3.63) is 11.9 Å². The zero-order valence-corrected chi connectivity index (χ0v) is 9.29. The number of nitrogens with zero attached hydrogens (tertiary/aromatic N) is 4. The van der Waals surface area contributed by atoms with Crippen molar-refractivity contribution in [3.8, 4) is 0 Å². The van der Waals surface area contributed by atoms with Crippen LogP contribution in [0.3, 0.4) is 0 Å². The highest BCUT2D eigenvalue weighted by Crippen LogP contribution is 1.98. The van der Waals surface area contributed by atoms with E-state index in [0.717, 1.165) is 25.2 Å². The highest BCUT2D eigenvalue weighted by atomic mass is 32.1. The quantitative estimate of drug-likeness (QED) is 0.693. The molecule has 0 aliphatic heterocycles. The van der Waals surface area contributed by atoms with Crippen LogP contribution in [0, 0.1) is 0 Å². The predicted molar refractivity (Wildman–Crippen MR) is 58.7 cm³/mol. The maximum absolute atomic E-state index is 5.41. The van der Waals surface area contributed by atoms with Gasteiger partial charge in [0, 0.05) is 32.8 Å². The van der Waals surface area contributed by atoms with Gasteiger partial charge in [0.15, 0.2) is 0 Å². The molecule has 5 nitrogen and oxygen atoms in total. The number of hydrogen-bond acceptors (Lipinski definition) is 4. The first-order valence-corrected chi connectivity index (χ1v) is 4.81. The Morgan fingerprint density at radius 2 is 2.43 bits per heavy atom. The topological polar surface area (TPSA) is 60.0 Å². The minimum atomic E-state index is 0.552. The van der Waals surface area contributed by atoms with Gasteiger partial charge < -0.3 is 5.73 Å². The molecule has 0 atom stereocenters. The molecule has 0 aliphatic rings. The molecular formula is C8H15N5S. The summed E-state index contributed by atoms with van der Waals surface area (Å²) in [6.07, 6.45) is 2.64. The summed E-state index contributed by atoms with van der Waals surface area (Å²) in [6, 6.07) is 0. The van der Waals surface area contributed by atoms with Gasteiger partial charge >= 0.3 is 0 Å². The third-order valence-corrected chi connectivity index (χ3v) is 2.03. The average molecular weight is 213 g/mol. The van der Waals surface area contributed by atoms with Gasteiger partial charge in [0.25, 0.3) is 0 Å². The van der Waals surface area contributed by atoms with Gasteiger partial charge in [0.05, 0.1) is 10.7 Å². The fourth-order valence-corrected chi connectivity index (χ4v) is 1.22. The lowest BCUT2D eigenvalue weighted by atomic mass is 10.3. The van der Waals surface area contributed by atoms with E-state index < -0.39 is 0 Å². The number of aromatic nitrogens is 3. The van der Waals surface area contributed by atoms with Crippen LogP contribution in [-0.4, -0.2) is 38.5 Å². The largest absolute Gasteiger partial charge is 0.393 e. The molecule has 1 rings (SSSR count). The molecule has 0 amide bonds. The van der Waals surface area contributed by atoms with Gasteiger partial charge in [-0.2, -0.15) is 0 Å². The maximum Gasteiger partial charge on any atom is 0.0966 e. The van der Waals surface area contributed by atoms with Gasteiger partial charge in [-0.3, -0.25) is 9.58 Å². The predicted octanol–water partition coefficient (Wildman–Crippen LogP) is -0.0769. The molecule has 0 bridgehead atoms. The van der Waals surface area contributed by atoms with Crippen LogP contribution in [0.4, 0.5) is 0 Å².